The van der Waals surface area contributed by atoms with Crippen LogP contribution in [0.4, 0.5) is 0 Å². The molecule has 0 saturated carbocycles. The van der Waals surface area contributed by atoms with Gasteiger partial charge in [-0.15, -0.1) is 0 Å². The van der Waals surface area contributed by atoms with Crippen LogP contribution in [0, 0.1) is 0 Å². The van der Waals surface area contributed by atoms with E-state index in [-0.39, 0.29) is 0 Å². The van der Waals surface area contributed by atoms with Crippen molar-refractivity contribution >= 4 is 17.6 Å². The van der Waals surface area contributed by atoms with Crippen LogP contribution in [0.3, 0.4) is 0 Å². The van der Waals surface area contributed by atoms with Crippen molar-refractivity contribution in [2.45, 2.75) is 13.3 Å². The predicted molar refractivity (Wildman–Crippen MR) is 34.5 cm³/mol. The molecule has 0 aliphatic heterocycles. The summed E-state index contributed by atoms with van der Waals surface area (Å²) in [5.74, 6) is 0. The molecule has 0 radical (unpaired) electrons. The molecule has 0 spiro atoms. The number of rotatable bonds is 1. The fourth-order valence-electron chi connectivity index (χ4n) is 0.179. The van der Waals surface area contributed by atoms with Gasteiger partial charge in [-0.2, -0.15) is 0 Å². The SMILES string of the molecule is CC/C=C/S(=O)#P. The van der Waals surface area contributed by atoms with E-state index in [2.05, 4.69) is 7.81 Å². The Morgan fingerprint density at radius 3 is 2.57 bits per heavy atom. The van der Waals surface area contributed by atoms with Gasteiger partial charge in [0.05, 0.1) is 0 Å². The van der Waals surface area contributed by atoms with Crippen LogP contribution in [-0.2, 0) is 9.78 Å². The van der Waals surface area contributed by atoms with E-state index in [4.69, 9.17) is 0 Å². The van der Waals surface area contributed by atoms with Crippen LogP contribution in [0.1, 0.15) is 13.3 Å². The summed E-state index contributed by atoms with van der Waals surface area (Å²) in [7, 11) is 2.57. The molecule has 40 valence electrons. The number of hydrogen-bond donors (Lipinski definition) is 0. The minimum atomic E-state index is -1.05. The molecule has 0 bridgehead atoms. The van der Waals surface area contributed by atoms with Gasteiger partial charge in [-0.05, 0) is 0 Å². The molecule has 0 heterocycles. The summed E-state index contributed by atoms with van der Waals surface area (Å²) in [6, 6.07) is 0. The van der Waals surface area contributed by atoms with Gasteiger partial charge in [0.25, 0.3) is 0 Å². The summed E-state index contributed by atoms with van der Waals surface area (Å²) in [6.07, 6.45) is 2.75. The van der Waals surface area contributed by atoms with Gasteiger partial charge in [0.15, 0.2) is 0 Å². The average molecular weight is 134 g/mol. The molecule has 3 heteroatoms. The summed E-state index contributed by atoms with van der Waals surface area (Å²) in [5, 5.41) is 1.56. The Hall–Kier alpha value is 0.190. The number of hydrogen-bond acceptors (Lipinski definition) is 1. The quantitative estimate of drug-likeness (QED) is 0.501. The normalized spacial score (nSPS) is 9.71. The van der Waals surface area contributed by atoms with Crippen molar-refractivity contribution in [2.75, 3.05) is 0 Å². The second-order valence-electron chi connectivity index (χ2n) is 1.06. The summed E-state index contributed by atoms with van der Waals surface area (Å²) >= 11 is 0. The van der Waals surface area contributed by atoms with Crippen LogP contribution in [0.2, 0.25) is 0 Å². The molecule has 0 aliphatic carbocycles. The third-order valence-corrected chi connectivity index (χ3v) is 1.24. The Bertz CT molecular complexity index is 165. The van der Waals surface area contributed by atoms with Crippen molar-refractivity contribution in [3.63, 3.8) is 0 Å². The molecule has 0 atom stereocenters. The van der Waals surface area contributed by atoms with Crippen molar-refractivity contribution in [2.24, 2.45) is 0 Å². The van der Waals surface area contributed by atoms with Crippen molar-refractivity contribution in [3.8, 4) is 0 Å². The molecule has 1 nitrogen and oxygen atoms in total. The Balaban J connectivity index is 3.55. The molecule has 0 aromatic heterocycles. The van der Waals surface area contributed by atoms with Gasteiger partial charge in [-0.25, -0.2) is 0 Å². The maximum atomic E-state index is 10.1. The first-order chi connectivity index (χ1) is 3.27. The van der Waals surface area contributed by atoms with Crippen LogP contribution < -0.4 is 0 Å². The Labute approximate surface area is 47.3 Å². The molecule has 0 fully saturated rings. The van der Waals surface area contributed by atoms with Crippen molar-refractivity contribution in [3.05, 3.63) is 11.5 Å². The molecule has 0 aliphatic rings. The third-order valence-electron chi connectivity index (χ3n) is 0.448. The van der Waals surface area contributed by atoms with Crippen LogP contribution in [0.25, 0.3) is 0 Å². The Kier molecular flexibility index (Phi) is 4.47. The summed E-state index contributed by atoms with van der Waals surface area (Å²) in [5.41, 5.74) is 0. The zero-order chi connectivity index (χ0) is 5.70. The van der Waals surface area contributed by atoms with E-state index < -0.39 is 9.78 Å². The molecule has 0 aromatic carbocycles. The zero-order valence-electron chi connectivity index (χ0n) is 4.13. The molecule has 7 heavy (non-hydrogen) atoms. The van der Waals surface area contributed by atoms with E-state index in [9.17, 15) is 4.21 Å². The Morgan fingerprint density at radius 2 is 2.43 bits per heavy atom. The molecule has 0 rings (SSSR count). The molecule has 0 saturated heterocycles. The van der Waals surface area contributed by atoms with Crippen LogP contribution in [0.15, 0.2) is 11.5 Å². The topological polar surface area (TPSA) is 17.1 Å². The van der Waals surface area contributed by atoms with Gasteiger partial charge in [-0.3, -0.25) is 0 Å². The van der Waals surface area contributed by atoms with Gasteiger partial charge in [0.1, 0.15) is 0 Å². The van der Waals surface area contributed by atoms with Crippen LogP contribution >= 0.6 is 7.81 Å². The first-order valence-corrected chi connectivity index (χ1v) is 4.30. The van der Waals surface area contributed by atoms with E-state index in [1.165, 1.54) is 0 Å². The van der Waals surface area contributed by atoms with Gasteiger partial charge < -0.3 is 0 Å². The van der Waals surface area contributed by atoms with Crippen LogP contribution in [0.5, 0.6) is 0 Å². The molecular formula is C4H7OPS. The van der Waals surface area contributed by atoms with E-state index in [0.717, 1.165) is 6.42 Å². The van der Waals surface area contributed by atoms with E-state index >= 15 is 0 Å². The fourth-order valence-corrected chi connectivity index (χ4v) is 0.794. The average Bonchev–Trinajstić information content (AvgIpc) is 1.61. The molecule has 0 aromatic rings. The molecule has 0 unspecified atom stereocenters. The molecule has 0 N–H and O–H groups in total. The molecule has 0 amide bonds. The van der Waals surface area contributed by atoms with Crippen molar-refractivity contribution in [1.29, 1.82) is 0 Å². The van der Waals surface area contributed by atoms with Gasteiger partial charge in [0, 0.05) is 0 Å². The maximum absolute atomic E-state index is 10.1. The number of allylic oxidation sites excluding steroid dienone is 1. The fraction of sp³-hybridized carbons (Fsp3) is 0.500. The standard InChI is InChI=1S/C4H7OPS/c1-2-3-4-7(5)6/h3-4H,2H2,1H3/b4-3+. The monoisotopic (exact) mass is 134 g/mol. The van der Waals surface area contributed by atoms with Crippen molar-refractivity contribution < 1.29 is 4.21 Å². The Morgan fingerprint density at radius 1 is 1.86 bits per heavy atom. The minimum absolute atomic E-state index is 0.923. The predicted octanol–water partition coefficient (Wildman–Crippen LogP) is 1.98. The summed E-state index contributed by atoms with van der Waals surface area (Å²) in [6.45, 7) is 1.98. The van der Waals surface area contributed by atoms with Crippen LogP contribution in [-0.4, -0.2) is 4.21 Å². The van der Waals surface area contributed by atoms with E-state index in [1.54, 1.807) is 5.41 Å². The third kappa shape index (κ3) is 6.19. The first kappa shape index (κ1) is 7.19. The van der Waals surface area contributed by atoms with Gasteiger partial charge >= 0.3 is 46.6 Å². The van der Waals surface area contributed by atoms with Crippen molar-refractivity contribution in [1.82, 2.24) is 0 Å². The second-order valence-corrected chi connectivity index (χ2v) is 2.96. The second kappa shape index (κ2) is 4.35. The van der Waals surface area contributed by atoms with Gasteiger partial charge in [-0.1, -0.05) is 0 Å². The summed E-state index contributed by atoms with van der Waals surface area (Å²) in [4.78, 5) is 0. The zero-order valence-corrected chi connectivity index (χ0v) is 5.84. The van der Waals surface area contributed by atoms with E-state index in [0.29, 0.717) is 0 Å². The molecular weight excluding hydrogens is 127 g/mol. The van der Waals surface area contributed by atoms with E-state index in [1.807, 2.05) is 13.0 Å². The van der Waals surface area contributed by atoms with Gasteiger partial charge in [0.2, 0.25) is 0 Å². The summed E-state index contributed by atoms with van der Waals surface area (Å²) < 4.78 is 10.1. The first-order valence-electron chi connectivity index (χ1n) is 2.03.